The molecule has 1 saturated heterocycles. The number of rotatable bonds is 6. The predicted molar refractivity (Wildman–Crippen MR) is 102 cm³/mol. The highest BCUT2D eigenvalue weighted by molar-refractivity contribution is 5.49. The highest BCUT2D eigenvalue weighted by atomic mass is 16.5. The van der Waals surface area contributed by atoms with Crippen LogP contribution in [0.1, 0.15) is 25.0 Å². The van der Waals surface area contributed by atoms with E-state index in [1.165, 1.54) is 11.1 Å². The van der Waals surface area contributed by atoms with Crippen molar-refractivity contribution in [1.29, 1.82) is 0 Å². The fourth-order valence-electron chi connectivity index (χ4n) is 3.15. The topological polar surface area (TPSA) is 33.7 Å². The minimum absolute atomic E-state index is 0.155. The van der Waals surface area contributed by atoms with Gasteiger partial charge in [0.1, 0.15) is 5.75 Å². The van der Waals surface area contributed by atoms with Crippen molar-refractivity contribution < 1.29 is 9.47 Å². The van der Waals surface area contributed by atoms with Crippen molar-refractivity contribution in [2.75, 3.05) is 38.7 Å². The Morgan fingerprint density at radius 2 is 1.64 bits per heavy atom. The van der Waals surface area contributed by atoms with Crippen LogP contribution in [0.3, 0.4) is 0 Å². The number of morpholine rings is 1. The summed E-state index contributed by atoms with van der Waals surface area (Å²) < 4.78 is 10.7. The van der Waals surface area contributed by atoms with Crippen LogP contribution in [0.15, 0.2) is 48.5 Å². The first-order chi connectivity index (χ1) is 12.1. The molecule has 25 heavy (non-hydrogen) atoms. The molecule has 1 heterocycles. The summed E-state index contributed by atoms with van der Waals surface area (Å²) in [5.41, 5.74) is 3.55. The zero-order valence-electron chi connectivity index (χ0n) is 15.4. The minimum Gasteiger partial charge on any atom is -0.497 e. The first kappa shape index (κ1) is 17.8. The minimum atomic E-state index is -0.155. The van der Waals surface area contributed by atoms with Gasteiger partial charge < -0.3 is 14.8 Å². The van der Waals surface area contributed by atoms with Crippen LogP contribution >= 0.6 is 0 Å². The molecule has 4 nitrogen and oxygen atoms in total. The molecule has 0 bridgehead atoms. The van der Waals surface area contributed by atoms with Crippen molar-refractivity contribution in [3.8, 4) is 5.75 Å². The Morgan fingerprint density at radius 1 is 1.00 bits per heavy atom. The van der Waals surface area contributed by atoms with E-state index in [2.05, 4.69) is 60.5 Å². The zero-order valence-corrected chi connectivity index (χ0v) is 15.4. The number of hydrogen-bond donors (Lipinski definition) is 1. The maximum absolute atomic E-state index is 5.41. The van der Waals surface area contributed by atoms with Gasteiger partial charge in [-0.3, -0.25) is 4.90 Å². The van der Waals surface area contributed by atoms with Crippen molar-refractivity contribution in [2.24, 2.45) is 0 Å². The number of ether oxygens (including phenoxy) is 2. The smallest absolute Gasteiger partial charge is 0.118 e. The SMILES string of the molecule is COc1ccc(C(C)(C)Nc2ccc(CN3CCOCC3)cc2)cc1. The third kappa shape index (κ3) is 4.74. The van der Waals surface area contributed by atoms with Crippen LogP contribution in [0.25, 0.3) is 0 Å². The van der Waals surface area contributed by atoms with Gasteiger partial charge in [-0.05, 0) is 49.2 Å². The monoisotopic (exact) mass is 340 g/mol. The summed E-state index contributed by atoms with van der Waals surface area (Å²) in [5, 5.41) is 3.63. The van der Waals surface area contributed by atoms with Gasteiger partial charge in [0.05, 0.1) is 25.9 Å². The lowest BCUT2D eigenvalue weighted by Gasteiger charge is -2.29. The Labute approximate surface area is 150 Å². The molecule has 0 spiro atoms. The van der Waals surface area contributed by atoms with Crippen LogP contribution in [0, 0.1) is 0 Å². The summed E-state index contributed by atoms with van der Waals surface area (Å²) in [5.74, 6) is 0.881. The fourth-order valence-corrected chi connectivity index (χ4v) is 3.15. The van der Waals surface area contributed by atoms with Crippen molar-refractivity contribution in [3.63, 3.8) is 0 Å². The molecule has 134 valence electrons. The van der Waals surface area contributed by atoms with Gasteiger partial charge in [-0.1, -0.05) is 24.3 Å². The molecule has 0 amide bonds. The van der Waals surface area contributed by atoms with Gasteiger partial charge in [0.15, 0.2) is 0 Å². The molecule has 0 radical (unpaired) electrons. The van der Waals surface area contributed by atoms with Crippen LogP contribution < -0.4 is 10.1 Å². The van der Waals surface area contributed by atoms with Crippen molar-refractivity contribution >= 4 is 5.69 Å². The zero-order chi connectivity index (χ0) is 17.7. The Balaban J connectivity index is 1.62. The molecule has 0 atom stereocenters. The summed E-state index contributed by atoms with van der Waals surface area (Å²) in [6.45, 7) is 9.10. The summed E-state index contributed by atoms with van der Waals surface area (Å²) >= 11 is 0. The molecular weight excluding hydrogens is 312 g/mol. The molecule has 0 unspecified atom stereocenters. The second kappa shape index (κ2) is 7.89. The van der Waals surface area contributed by atoms with Crippen molar-refractivity contribution in [3.05, 3.63) is 59.7 Å². The lowest BCUT2D eigenvalue weighted by molar-refractivity contribution is 0.0342. The van der Waals surface area contributed by atoms with Crippen LogP contribution in [0.4, 0.5) is 5.69 Å². The van der Waals surface area contributed by atoms with E-state index in [-0.39, 0.29) is 5.54 Å². The third-order valence-corrected chi connectivity index (χ3v) is 4.73. The summed E-state index contributed by atoms with van der Waals surface area (Å²) in [7, 11) is 1.69. The highest BCUT2D eigenvalue weighted by Crippen LogP contribution is 2.27. The Bertz CT molecular complexity index is 659. The van der Waals surface area contributed by atoms with Crippen molar-refractivity contribution in [1.82, 2.24) is 4.90 Å². The fraction of sp³-hybridized carbons (Fsp3) is 0.429. The van der Waals surface area contributed by atoms with Crippen LogP contribution in [0.5, 0.6) is 5.75 Å². The predicted octanol–water partition coefficient (Wildman–Crippen LogP) is 3.87. The van der Waals surface area contributed by atoms with E-state index in [9.17, 15) is 0 Å². The van der Waals surface area contributed by atoms with E-state index in [0.29, 0.717) is 0 Å². The molecule has 1 fully saturated rings. The van der Waals surface area contributed by atoms with Gasteiger partial charge >= 0.3 is 0 Å². The van der Waals surface area contributed by atoms with E-state index >= 15 is 0 Å². The number of methoxy groups -OCH3 is 1. The molecule has 3 rings (SSSR count). The second-order valence-corrected chi connectivity index (χ2v) is 7.06. The normalized spacial score (nSPS) is 15.8. The Morgan fingerprint density at radius 3 is 2.24 bits per heavy atom. The van der Waals surface area contributed by atoms with Crippen LogP contribution in [-0.4, -0.2) is 38.3 Å². The molecule has 2 aromatic rings. The molecule has 2 aromatic carbocycles. The number of benzene rings is 2. The number of anilines is 1. The summed E-state index contributed by atoms with van der Waals surface area (Å²) in [4.78, 5) is 2.44. The van der Waals surface area contributed by atoms with Gasteiger partial charge in [0.25, 0.3) is 0 Å². The molecule has 1 aliphatic heterocycles. The third-order valence-electron chi connectivity index (χ3n) is 4.73. The molecule has 0 aliphatic carbocycles. The quantitative estimate of drug-likeness (QED) is 0.865. The lowest BCUT2D eigenvalue weighted by atomic mass is 9.93. The van der Waals surface area contributed by atoms with Gasteiger partial charge in [0, 0.05) is 25.3 Å². The lowest BCUT2D eigenvalue weighted by Crippen LogP contribution is -2.35. The standard InChI is InChI=1S/C21H28N2O2/c1-21(2,18-6-10-20(24-3)11-7-18)22-19-8-4-17(5-9-19)16-23-12-14-25-15-13-23/h4-11,22H,12-16H2,1-3H3. The Hall–Kier alpha value is -2.04. The largest absolute Gasteiger partial charge is 0.497 e. The van der Waals surface area contributed by atoms with Gasteiger partial charge in [-0.15, -0.1) is 0 Å². The molecule has 1 N–H and O–H groups in total. The molecule has 0 aromatic heterocycles. The van der Waals surface area contributed by atoms with Gasteiger partial charge in [-0.2, -0.15) is 0 Å². The molecular formula is C21H28N2O2. The molecule has 0 saturated carbocycles. The van der Waals surface area contributed by atoms with Gasteiger partial charge in [0.2, 0.25) is 0 Å². The van der Waals surface area contributed by atoms with E-state index in [4.69, 9.17) is 9.47 Å². The van der Waals surface area contributed by atoms with E-state index in [0.717, 1.165) is 44.3 Å². The number of hydrogen-bond acceptors (Lipinski definition) is 4. The maximum atomic E-state index is 5.41. The summed E-state index contributed by atoms with van der Waals surface area (Å²) in [6, 6.07) is 17.0. The van der Waals surface area contributed by atoms with Gasteiger partial charge in [-0.25, -0.2) is 0 Å². The van der Waals surface area contributed by atoms with E-state index < -0.39 is 0 Å². The second-order valence-electron chi connectivity index (χ2n) is 7.06. The summed E-state index contributed by atoms with van der Waals surface area (Å²) in [6.07, 6.45) is 0. The Kier molecular flexibility index (Phi) is 5.61. The van der Waals surface area contributed by atoms with E-state index in [1.54, 1.807) is 7.11 Å². The molecule has 1 aliphatic rings. The van der Waals surface area contributed by atoms with Crippen LogP contribution in [-0.2, 0) is 16.8 Å². The highest BCUT2D eigenvalue weighted by Gasteiger charge is 2.20. The van der Waals surface area contributed by atoms with E-state index in [1.807, 2.05) is 12.1 Å². The van der Waals surface area contributed by atoms with Crippen molar-refractivity contribution in [2.45, 2.75) is 25.9 Å². The first-order valence-electron chi connectivity index (χ1n) is 8.88. The number of nitrogens with zero attached hydrogens (tertiary/aromatic N) is 1. The van der Waals surface area contributed by atoms with Crippen LogP contribution in [0.2, 0.25) is 0 Å². The average Bonchev–Trinajstić information content (AvgIpc) is 2.64. The average molecular weight is 340 g/mol. The first-order valence-corrected chi connectivity index (χ1v) is 8.88. The maximum Gasteiger partial charge on any atom is 0.118 e. The molecule has 4 heteroatoms. The number of nitrogens with one attached hydrogen (secondary N) is 1.